The number of Topliss-reactive ketones (excluding diaryl/α,β-unsaturated/α-hetero) is 1. The van der Waals surface area contributed by atoms with E-state index in [1.807, 2.05) is 13.8 Å². The monoisotopic (exact) mass is 356 g/mol. The summed E-state index contributed by atoms with van der Waals surface area (Å²) >= 11 is 6.18. The van der Waals surface area contributed by atoms with Gasteiger partial charge in [0.15, 0.2) is 5.78 Å². The van der Waals surface area contributed by atoms with Crippen LogP contribution < -0.4 is 10.4 Å². The molecule has 25 heavy (non-hydrogen) atoms. The van der Waals surface area contributed by atoms with Crippen molar-refractivity contribution in [1.29, 1.82) is 0 Å². The molecule has 3 aromatic rings. The highest BCUT2D eigenvalue weighted by molar-refractivity contribution is 6.32. The van der Waals surface area contributed by atoms with Gasteiger partial charge in [0, 0.05) is 34.0 Å². The van der Waals surface area contributed by atoms with Crippen LogP contribution in [0.5, 0.6) is 5.75 Å². The van der Waals surface area contributed by atoms with Crippen molar-refractivity contribution in [3.63, 3.8) is 0 Å². The van der Waals surface area contributed by atoms with Crippen LogP contribution in [0.3, 0.4) is 0 Å². The third-order valence-electron chi connectivity index (χ3n) is 4.00. The number of benzene rings is 2. The molecule has 0 spiro atoms. The standard InChI is InChI=1S/C20H17ClO4/c1-3-18(22)13-4-6-15(7-5-13)24-11-14-9-20(23)25-19-8-12(2)17(21)10-16(14)19/h4-10H,3,11H2,1-2H3. The van der Waals surface area contributed by atoms with Gasteiger partial charge >= 0.3 is 5.63 Å². The molecule has 0 aliphatic heterocycles. The molecule has 0 amide bonds. The third-order valence-corrected chi connectivity index (χ3v) is 4.41. The summed E-state index contributed by atoms with van der Waals surface area (Å²) in [6, 6.07) is 11.9. The summed E-state index contributed by atoms with van der Waals surface area (Å²) in [5.41, 5.74) is 2.24. The number of ketones is 1. The average molecular weight is 357 g/mol. The third kappa shape index (κ3) is 3.74. The highest BCUT2D eigenvalue weighted by Crippen LogP contribution is 2.26. The Kier molecular flexibility index (Phi) is 4.91. The number of aryl methyl sites for hydroxylation is 1. The summed E-state index contributed by atoms with van der Waals surface area (Å²) < 4.78 is 11.0. The summed E-state index contributed by atoms with van der Waals surface area (Å²) in [4.78, 5) is 23.4. The van der Waals surface area contributed by atoms with Crippen molar-refractivity contribution < 1.29 is 13.9 Å². The minimum Gasteiger partial charge on any atom is -0.489 e. The first-order valence-electron chi connectivity index (χ1n) is 7.97. The largest absolute Gasteiger partial charge is 0.489 e. The molecular formula is C20H17ClO4. The lowest BCUT2D eigenvalue weighted by molar-refractivity contribution is 0.0988. The zero-order valence-electron chi connectivity index (χ0n) is 14.0. The number of fused-ring (bicyclic) bond motifs is 1. The fourth-order valence-electron chi connectivity index (χ4n) is 2.57. The highest BCUT2D eigenvalue weighted by Gasteiger charge is 2.10. The van der Waals surface area contributed by atoms with Gasteiger partial charge in [-0.15, -0.1) is 0 Å². The first-order valence-corrected chi connectivity index (χ1v) is 8.34. The molecule has 0 saturated heterocycles. The second kappa shape index (κ2) is 7.11. The maximum Gasteiger partial charge on any atom is 0.336 e. The van der Waals surface area contributed by atoms with Gasteiger partial charge in [0.2, 0.25) is 0 Å². The average Bonchev–Trinajstić information content (AvgIpc) is 2.61. The van der Waals surface area contributed by atoms with Crippen LogP contribution in [0.15, 0.2) is 51.7 Å². The Hall–Kier alpha value is -2.59. The van der Waals surface area contributed by atoms with Crippen molar-refractivity contribution in [2.45, 2.75) is 26.9 Å². The van der Waals surface area contributed by atoms with E-state index in [0.717, 1.165) is 10.9 Å². The molecule has 4 nitrogen and oxygen atoms in total. The topological polar surface area (TPSA) is 56.5 Å². The summed E-state index contributed by atoms with van der Waals surface area (Å²) in [5, 5.41) is 1.35. The minimum atomic E-state index is -0.434. The number of carbonyl (C=O) groups is 1. The van der Waals surface area contributed by atoms with Crippen LogP contribution in [0, 0.1) is 6.92 Å². The smallest absolute Gasteiger partial charge is 0.336 e. The van der Waals surface area contributed by atoms with Crippen molar-refractivity contribution in [3.05, 3.63) is 74.6 Å². The van der Waals surface area contributed by atoms with Gasteiger partial charge in [-0.05, 0) is 48.9 Å². The van der Waals surface area contributed by atoms with Crippen LogP contribution in [0.4, 0.5) is 0 Å². The Labute approximate surface area is 150 Å². The van der Waals surface area contributed by atoms with Gasteiger partial charge in [0.1, 0.15) is 17.9 Å². The van der Waals surface area contributed by atoms with Crippen molar-refractivity contribution in [1.82, 2.24) is 0 Å². The van der Waals surface area contributed by atoms with Crippen molar-refractivity contribution in [2.75, 3.05) is 0 Å². The molecule has 0 aliphatic rings. The number of hydrogen-bond acceptors (Lipinski definition) is 4. The molecule has 0 unspecified atom stereocenters. The number of halogens is 1. The molecule has 2 aromatic carbocycles. The molecule has 0 aliphatic carbocycles. The maximum absolute atomic E-state index is 11.8. The zero-order valence-corrected chi connectivity index (χ0v) is 14.7. The van der Waals surface area contributed by atoms with E-state index >= 15 is 0 Å². The van der Waals surface area contributed by atoms with E-state index in [4.69, 9.17) is 20.8 Å². The Balaban J connectivity index is 1.87. The van der Waals surface area contributed by atoms with Gasteiger partial charge in [-0.2, -0.15) is 0 Å². The Morgan fingerprint density at radius 3 is 2.56 bits per heavy atom. The molecule has 5 heteroatoms. The van der Waals surface area contributed by atoms with Gasteiger partial charge in [0.05, 0.1) is 0 Å². The van der Waals surface area contributed by atoms with E-state index in [0.29, 0.717) is 33.9 Å². The zero-order chi connectivity index (χ0) is 18.0. The molecule has 0 atom stereocenters. The Morgan fingerprint density at radius 2 is 1.88 bits per heavy atom. The van der Waals surface area contributed by atoms with Crippen LogP contribution in [-0.4, -0.2) is 5.78 Å². The predicted molar refractivity (Wildman–Crippen MR) is 97.6 cm³/mol. The van der Waals surface area contributed by atoms with Crippen molar-refractivity contribution in [3.8, 4) is 5.75 Å². The molecule has 128 valence electrons. The number of carbonyl (C=O) groups excluding carboxylic acids is 1. The maximum atomic E-state index is 11.8. The molecule has 1 aromatic heterocycles. The second-order valence-corrected chi connectivity index (χ2v) is 6.19. The summed E-state index contributed by atoms with van der Waals surface area (Å²) in [6.45, 7) is 3.87. The van der Waals surface area contributed by atoms with Gasteiger partial charge in [0.25, 0.3) is 0 Å². The Bertz CT molecular complexity index is 987. The van der Waals surface area contributed by atoms with Gasteiger partial charge in [-0.1, -0.05) is 18.5 Å². The van der Waals surface area contributed by atoms with Crippen LogP contribution in [0.2, 0.25) is 5.02 Å². The molecule has 0 fully saturated rings. The van der Waals surface area contributed by atoms with Crippen LogP contribution >= 0.6 is 11.6 Å². The first kappa shape index (κ1) is 17.2. The lowest BCUT2D eigenvalue weighted by atomic mass is 10.1. The number of ether oxygens (including phenoxy) is 1. The fourth-order valence-corrected chi connectivity index (χ4v) is 2.73. The van der Waals surface area contributed by atoms with E-state index in [2.05, 4.69) is 0 Å². The summed E-state index contributed by atoms with van der Waals surface area (Å²) in [7, 11) is 0. The van der Waals surface area contributed by atoms with E-state index in [1.165, 1.54) is 6.07 Å². The summed E-state index contributed by atoms with van der Waals surface area (Å²) in [5.74, 6) is 0.704. The van der Waals surface area contributed by atoms with Crippen LogP contribution in [-0.2, 0) is 6.61 Å². The quantitative estimate of drug-likeness (QED) is 0.480. The second-order valence-electron chi connectivity index (χ2n) is 5.78. The van der Waals surface area contributed by atoms with Crippen molar-refractivity contribution >= 4 is 28.4 Å². The molecule has 0 N–H and O–H groups in total. The molecule has 3 rings (SSSR count). The molecule has 0 bridgehead atoms. The highest BCUT2D eigenvalue weighted by atomic mass is 35.5. The van der Waals surface area contributed by atoms with Crippen LogP contribution in [0.1, 0.15) is 34.8 Å². The number of hydrogen-bond donors (Lipinski definition) is 0. The minimum absolute atomic E-state index is 0.0863. The summed E-state index contributed by atoms with van der Waals surface area (Å²) in [6.07, 6.45) is 0.464. The first-order chi connectivity index (χ1) is 12.0. The number of rotatable bonds is 5. The molecule has 0 saturated carbocycles. The molecule has 1 heterocycles. The van der Waals surface area contributed by atoms with E-state index in [9.17, 15) is 9.59 Å². The lowest BCUT2D eigenvalue weighted by Crippen LogP contribution is -2.04. The lowest BCUT2D eigenvalue weighted by Gasteiger charge is -2.10. The SMILES string of the molecule is CCC(=O)c1ccc(OCc2cc(=O)oc3cc(C)c(Cl)cc23)cc1. The van der Waals surface area contributed by atoms with E-state index in [1.54, 1.807) is 36.4 Å². The fraction of sp³-hybridized carbons (Fsp3) is 0.200. The van der Waals surface area contributed by atoms with Gasteiger partial charge in [-0.3, -0.25) is 4.79 Å². The normalized spacial score (nSPS) is 10.8. The van der Waals surface area contributed by atoms with Gasteiger partial charge < -0.3 is 9.15 Å². The van der Waals surface area contributed by atoms with Crippen LogP contribution in [0.25, 0.3) is 11.0 Å². The molecular weight excluding hydrogens is 340 g/mol. The van der Waals surface area contributed by atoms with E-state index < -0.39 is 5.63 Å². The van der Waals surface area contributed by atoms with Gasteiger partial charge in [-0.25, -0.2) is 4.79 Å². The predicted octanol–water partition coefficient (Wildman–Crippen LogP) is 4.93. The Morgan fingerprint density at radius 1 is 1.16 bits per heavy atom. The molecule has 0 radical (unpaired) electrons. The van der Waals surface area contributed by atoms with Crippen molar-refractivity contribution in [2.24, 2.45) is 0 Å². The van der Waals surface area contributed by atoms with E-state index in [-0.39, 0.29) is 12.4 Å².